The van der Waals surface area contributed by atoms with Gasteiger partial charge in [-0.1, -0.05) is 0 Å². The zero-order valence-electron chi connectivity index (χ0n) is 11.2. The quantitative estimate of drug-likeness (QED) is 0.796. The lowest BCUT2D eigenvalue weighted by molar-refractivity contribution is -0.242. The average molecular weight is 299 g/mol. The Hall–Kier alpha value is -1.51. The minimum absolute atomic E-state index is 0.537. The molecule has 1 rings (SSSR count). The summed E-state index contributed by atoms with van der Waals surface area (Å²) < 4.78 is 47.2. The summed E-state index contributed by atoms with van der Waals surface area (Å²) in [7, 11) is 0. The van der Waals surface area contributed by atoms with Gasteiger partial charge < -0.3 is 14.6 Å². The first-order chi connectivity index (χ1) is 8.92. The van der Waals surface area contributed by atoms with Crippen LogP contribution in [0.25, 0.3) is 0 Å². The van der Waals surface area contributed by atoms with E-state index in [0.717, 1.165) is 0 Å². The van der Waals surface area contributed by atoms with Crippen LogP contribution in [0.3, 0.4) is 0 Å². The third kappa shape index (κ3) is 4.26. The molecule has 1 fully saturated rings. The van der Waals surface area contributed by atoms with E-state index in [4.69, 9.17) is 9.84 Å². The lowest BCUT2D eigenvalue weighted by atomic mass is 10.1. The van der Waals surface area contributed by atoms with Gasteiger partial charge in [-0.25, -0.2) is 9.59 Å². The van der Waals surface area contributed by atoms with E-state index in [-0.39, 0.29) is 0 Å². The van der Waals surface area contributed by atoms with Gasteiger partial charge in [-0.2, -0.15) is 13.2 Å². The normalized spacial score (nSPS) is 24.4. The summed E-state index contributed by atoms with van der Waals surface area (Å²) in [6, 6.07) is -1.50. The van der Waals surface area contributed by atoms with E-state index >= 15 is 0 Å². The summed E-state index contributed by atoms with van der Waals surface area (Å²) >= 11 is 0. The molecule has 0 aromatic rings. The minimum atomic E-state index is -4.68. The van der Waals surface area contributed by atoms with E-state index in [9.17, 15) is 22.8 Å². The van der Waals surface area contributed by atoms with E-state index in [2.05, 4.69) is 4.74 Å². The maximum Gasteiger partial charge on any atom is 0.416 e. The van der Waals surface area contributed by atoms with Gasteiger partial charge in [0.05, 0.1) is 13.2 Å². The first-order valence-electron chi connectivity index (χ1n) is 5.82. The number of rotatable bonds is 1. The SMILES string of the molecule is CC(C)(C)OC(=O)N1C[C@@H](C(F)(F)F)OC[C@@H]1C(=O)O. The molecule has 0 spiro atoms. The second-order valence-electron chi connectivity index (χ2n) is 5.35. The van der Waals surface area contributed by atoms with Crippen molar-refractivity contribution in [3.63, 3.8) is 0 Å². The second kappa shape index (κ2) is 5.47. The Balaban J connectivity index is 2.89. The first-order valence-corrected chi connectivity index (χ1v) is 5.82. The monoisotopic (exact) mass is 299 g/mol. The number of amides is 1. The third-order valence-electron chi connectivity index (χ3n) is 2.47. The van der Waals surface area contributed by atoms with Crippen LogP contribution in [0, 0.1) is 0 Å². The number of carbonyl (C=O) groups is 2. The molecule has 0 aromatic heterocycles. The zero-order chi connectivity index (χ0) is 15.7. The highest BCUT2D eigenvalue weighted by Crippen LogP contribution is 2.28. The van der Waals surface area contributed by atoms with Crippen LogP contribution in [-0.4, -0.2) is 59.1 Å². The fourth-order valence-corrected chi connectivity index (χ4v) is 1.58. The largest absolute Gasteiger partial charge is 0.480 e. The highest BCUT2D eigenvalue weighted by molar-refractivity contribution is 5.80. The lowest BCUT2D eigenvalue weighted by Crippen LogP contribution is -2.59. The molecule has 0 aliphatic carbocycles. The first kappa shape index (κ1) is 16.5. The van der Waals surface area contributed by atoms with Crippen LogP contribution in [0.2, 0.25) is 0 Å². The summed E-state index contributed by atoms with van der Waals surface area (Å²) in [5.74, 6) is -1.45. The fourth-order valence-electron chi connectivity index (χ4n) is 1.58. The van der Waals surface area contributed by atoms with Gasteiger partial charge in [0, 0.05) is 0 Å². The van der Waals surface area contributed by atoms with Crippen LogP contribution in [0.1, 0.15) is 20.8 Å². The van der Waals surface area contributed by atoms with Crippen molar-refractivity contribution in [2.45, 2.75) is 44.7 Å². The number of morpholine rings is 1. The number of carbonyl (C=O) groups excluding carboxylic acids is 1. The smallest absolute Gasteiger partial charge is 0.416 e. The van der Waals surface area contributed by atoms with E-state index in [1.165, 1.54) is 20.8 Å². The third-order valence-corrected chi connectivity index (χ3v) is 2.47. The van der Waals surface area contributed by atoms with E-state index in [1.54, 1.807) is 0 Å². The average Bonchev–Trinajstić information content (AvgIpc) is 2.24. The van der Waals surface area contributed by atoms with Crippen LogP contribution in [0.4, 0.5) is 18.0 Å². The van der Waals surface area contributed by atoms with Gasteiger partial charge in [0.1, 0.15) is 5.60 Å². The Bertz CT molecular complexity index is 391. The molecular formula is C11H16F3NO5. The number of carboxylic acids is 1. The number of hydrogen-bond acceptors (Lipinski definition) is 4. The molecule has 6 nitrogen and oxygen atoms in total. The molecule has 1 aliphatic rings. The number of ether oxygens (including phenoxy) is 2. The predicted molar refractivity (Wildman–Crippen MR) is 60.2 cm³/mol. The van der Waals surface area contributed by atoms with Gasteiger partial charge in [0.25, 0.3) is 0 Å². The van der Waals surface area contributed by atoms with E-state index in [0.29, 0.717) is 4.90 Å². The van der Waals surface area contributed by atoms with Gasteiger partial charge in [-0.3, -0.25) is 4.90 Å². The van der Waals surface area contributed by atoms with E-state index in [1.807, 2.05) is 0 Å². The number of hydrogen-bond donors (Lipinski definition) is 1. The van der Waals surface area contributed by atoms with Gasteiger partial charge in [-0.15, -0.1) is 0 Å². The van der Waals surface area contributed by atoms with Crippen molar-refractivity contribution in [3.05, 3.63) is 0 Å². The highest BCUT2D eigenvalue weighted by atomic mass is 19.4. The topological polar surface area (TPSA) is 76.1 Å². The Kier molecular flexibility index (Phi) is 4.52. The molecule has 1 saturated heterocycles. The molecule has 0 radical (unpaired) electrons. The van der Waals surface area contributed by atoms with Gasteiger partial charge in [-0.05, 0) is 20.8 Å². The second-order valence-corrected chi connectivity index (χ2v) is 5.35. The summed E-state index contributed by atoms with van der Waals surface area (Å²) in [5, 5.41) is 8.93. The molecule has 1 amide bonds. The molecule has 1 N–H and O–H groups in total. The van der Waals surface area contributed by atoms with E-state index < -0.39 is 49.1 Å². The molecule has 1 aliphatic heterocycles. The maximum absolute atomic E-state index is 12.6. The molecule has 0 saturated carbocycles. The van der Waals surface area contributed by atoms with Crippen molar-refractivity contribution >= 4 is 12.1 Å². The Morgan fingerprint density at radius 3 is 2.25 bits per heavy atom. The number of carboxylic acid groups (broad SMARTS) is 1. The minimum Gasteiger partial charge on any atom is -0.480 e. The molecule has 2 atom stereocenters. The van der Waals surface area contributed by atoms with Crippen molar-refractivity contribution in [1.29, 1.82) is 0 Å². The fraction of sp³-hybridized carbons (Fsp3) is 0.818. The molecule has 0 aromatic carbocycles. The lowest BCUT2D eigenvalue weighted by Gasteiger charge is -2.38. The van der Waals surface area contributed by atoms with Crippen LogP contribution in [0.5, 0.6) is 0 Å². The number of aliphatic carboxylic acids is 1. The van der Waals surface area contributed by atoms with Crippen molar-refractivity contribution in [1.82, 2.24) is 4.90 Å². The summed E-state index contributed by atoms with van der Waals surface area (Å²) in [6.45, 7) is 2.95. The Morgan fingerprint density at radius 2 is 1.85 bits per heavy atom. The molecule has 1 heterocycles. The van der Waals surface area contributed by atoms with Gasteiger partial charge in [0.2, 0.25) is 0 Å². The van der Waals surface area contributed by atoms with Crippen LogP contribution in [0.15, 0.2) is 0 Å². The molecule has 0 bridgehead atoms. The summed E-state index contributed by atoms with van der Waals surface area (Å²) in [5.41, 5.74) is -0.938. The molecule has 20 heavy (non-hydrogen) atoms. The van der Waals surface area contributed by atoms with Crippen LogP contribution >= 0.6 is 0 Å². The Labute approximate surface area is 113 Å². The highest BCUT2D eigenvalue weighted by Gasteiger charge is 2.49. The molecule has 116 valence electrons. The number of nitrogens with zero attached hydrogens (tertiary/aromatic N) is 1. The number of alkyl halides is 3. The molecule has 9 heteroatoms. The van der Waals surface area contributed by atoms with Crippen molar-refractivity contribution < 1.29 is 37.3 Å². The zero-order valence-corrected chi connectivity index (χ0v) is 11.2. The van der Waals surface area contributed by atoms with Crippen molar-refractivity contribution in [2.24, 2.45) is 0 Å². The number of halogens is 3. The van der Waals surface area contributed by atoms with Crippen molar-refractivity contribution in [2.75, 3.05) is 13.2 Å². The Morgan fingerprint density at radius 1 is 1.30 bits per heavy atom. The summed E-state index contributed by atoms with van der Waals surface area (Å²) in [4.78, 5) is 23.3. The molecule has 0 unspecified atom stereocenters. The van der Waals surface area contributed by atoms with Crippen LogP contribution in [-0.2, 0) is 14.3 Å². The van der Waals surface area contributed by atoms with Crippen molar-refractivity contribution in [3.8, 4) is 0 Å². The van der Waals surface area contributed by atoms with Crippen LogP contribution < -0.4 is 0 Å². The predicted octanol–water partition coefficient (Wildman–Crippen LogP) is 1.64. The van der Waals surface area contributed by atoms with Gasteiger partial charge in [0.15, 0.2) is 12.1 Å². The molecular weight excluding hydrogens is 283 g/mol. The maximum atomic E-state index is 12.6. The summed E-state index contributed by atoms with van der Waals surface area (Å²) in [6.07, 6.45) is -8.00. The van der Waals surface area contributed by atoms with Gasteiger partial charge >= 0.3 is 18.2 Å². The standard InChI is InChI=1S/C11H16F3NO5/c1-10(2,3)20-9(18)15-4-7(11(12,13)14)19-5-6(15)8(16)17/h6-7H,4-5H2,1-3H3,(H,16,17)/t6-,7+/m1/s1.